The van der Waals surface area contributed by atoms with Gasteiger partial charge in [0.1, 0.15) is 0 Å². The van der Waals surface area contributed by atoms with E-state index in [1.807, 2.05) is 74.1 Å². The molecule has 4 aromatic rings. The topological polar surface area (TPSA) is 63.5 Å². The number of nitrogens with one attached hydrogen (secondary N) is 1. The van der Waals surface area contributed by atoms with E-state index in [4.69, 9.17) is 0 Å². The fourth-order valence-corrected chi connectivity index (χ4v) is 5.83. The Kier molecular flexibility index (Phi) is 4.51. The normalized spacial score (nSPS) is 11.9. The molecule has 2 aromatic heterocycles. The van der Waals surface area contributed by atoms with Crippen LogP contribution in [0.25, 0.3) is 16.2 Å². The lowest BCUT2D eigenvalue weighted by atomic mass is 10.0. The van der Waals surface area contributed by atoms with Crippen molar-refractivity contribution in [2.24, 2.45) is 0 Å². The molecule has 1 N–H and O–H groups in total. The number of sulfonamides is 1. The van der Waals surface area contributed by atoms with Crippen LogP contribution in [0.5, 0.6) is 0 Å². The van der Waals surface area contributed by atoms with Gasteiger partial charge in [0.25, 0.3) is 10.0 Å². The number of imidazole rings is 1. The van der Waals surface area contributed by atoms with Gasteiger partial charge in [-0.1, -0.05) is 24.3 Å². The van der Waals surface area contributed by atoms with E-state index in [0.29, 0.717) is 10.6 Å². The molecule has 0 aliphatic rings. The van der Waals surface area contributed by atoms with Crippen molar-refractivity contribution < 1.29 is 8.42 Å². The van der Waals surface area contributed by atoms with Crippen LogP contribution < -0.4 is 4.72 Å². The maximum Gasteiger partial charge on any atom is 0.262 e. The zero-order valence-corrected chi connectivity index (χ0v) is 17.8. The van der Waals surface area contributed by atoms with E-state index in [1.165, 1.54) is 11.3 Å². The number of hydrogen-bond acceptors (Lipinski definition) is 4. The smallest absolute Gasteiger partial charge is 0.262 e. The summed E-state index contributed by atoms with van der Waals surface area (Å²) in [6, 6.07) is 9.38. The molecule has 0 unspecified atom stereocenters. The molecule has 0 amide bonds. The molecular formula is C21H21N3O2S2. The van der Waals surface area contributed by atoms with Crippen molar-refractivity contribution in [1.82, 2.24) is 9.38 Å². The summed E-state index contributed by atoms with van der Waals surface area (Å²) in [4.78, 5) is 5.84. The lowest BCUT2D eigenvalue weighted by Gasteiger charge is -2.18. The van der Waals surface area contributed by atoms with E-state index in [-0.39, 0.29) is 0 Å². The number of hydrogen-bond donors (Lipinski definition) is 1. The summed E-state index contributed by atoms with van der Waals surface area (Å²) in [5.41, 5.74) is 5.48. The van der Waals surface area contributed by atoms with E-state index >= 15 is 0 Å². The van der Waals surface area contributed by atoms with Crippen LogP contribution >= 0.6 is 11.3 Å². The van der Waals surface area contributed by atoms with Crippen LogP contribution in [0.15, 0.2) is 53.0 Å². The highest BCUT2D eigenvalue weighted by molar-refractivity contribution is 7.92. The number of thiazole rings is 1. The number of aromatic nitrogens is 2. The maximum absolute atomic E-state index is 13.3. The molecule has 0 saturated heterocycles. The van der Waals surface area contributed by atoms with Crippen LogP contribution in [0.3, 0.4) is 0 Å². The third kappa shape index (κ3) is 3.10. The Hall–Kier alpha value is -2.64. The van der Waals surface area contributed by atoms with E-state index in [0.717, 1.165) is 38.5 Å². The quantitative estimate of drug-likeness (QED) is 0.508. The van der Waals surface area contributed by atoms with Gasteiger partial charge in [0.15, 0.2) is 4.96 Å². The molecule has 0 aliphatic heterocycles. The number of fused-ring (bicyclic) bond motifs is 1. The molecule has 0 bridgehead atoms. The summed E-state index contributed by atoms with van der Waals surface area (Å²) in [6.45, 7) is 7.58. The maximum atomic E-state index is 13.3. The van der Waals surface area contributed by atoms with Crippen molar-refractivity contribution in [3.63, 3.8) is 0 Å². The van der Waals surface area contributed by atoms with Gasteiger partial charge >= 0.3 is 0 Å². The minimum absolute atomic E-state index is 0.352. The molecule has 0 aliphatic carbocycles. The SMILES string of the molecule is Cc1cc(C)c(C)c(S(=O)(=O)Nc2ccccc2-c2cn3ccsc3n2)c1C. The molecule has 2 aromatic carbocycles. The number of anilines is 1. The van der Waals surface area contributed by atoms with E-state index in [9.17, 15) is 8.42 Å². The third-order valence-electron chi connectivity index (χ3n) is 5.11. The van der Waals surface area contributed by atoms with E-state index < -0.39 is 10.0 Å². The highest BCUT2D eigenvalue weighted by Gasteiger charge is 2.23. The number of para-hydroxylation sites is 1. The zero-order valence-electron chi connectivity index (χ0n) is 16.1. The fraction of sp³-hybridized carbons (Fsp3) is 0.190. The first-order valence-electron chi connectivity index (χ1n) is 8.90. The van der Waals surface area contributed by atoms with Crippen LogP contribution in [0.4, 0.5) is 5.69 Å². The van der Waals surface area contributed by atoms with Crippen molar-refractivity contribution in [1.29, 1.82) is 0 Å². The predicted molar refractivity (Wildman–Crippen MR) is 115 cm³/mol. The molecule has 0 saturated carbocycles. The fourth-order valence-electron chi connectivity index (χ4n) is 3.43. The summed E-state index contributed by atoms with van der Waals surface area (Å²) in [5, 5.41) is 1.96. The Morgan fingerprint density at radius 3 is 2.39 bits per heavy atom. The molecule has 144 valence electrons. The van der Waals surface area contributed by atoms with Gasteiger partial charge in [0.2, 0.25) is 0 Å². The number of nitrogens with zero attached hydrogens (tertiary/aromatic N) is 2. The first kappa shape index (κ1) is 18.7. The molecule has 0 spiro atoms. The predicted octanol–water partition coefficient (Wildman–Crippen LogP) is 5.10. The van der Waals surface area contributed by atoms with Crippen LogP contribution in [0.1, 0.15) is 22.3 Å². The second kappa shape index (κ2) is 6.76. The largest absolute Gasteiger partial charge is 0.297 e. The second-order valence-corrected chi connectivity index (χ2v) is 9.45. The first-order valence-corrected chi connectivity index (χ1v) is 11.3. The molecule has 0 fully saturated rings. The van der Waals surface area contributed by atoms with Crippen LogP contribution in [0, 0.1) is 27.7 Å². The van der Waals surface area contributed by atoms with Crippen molar-refractivity contribution in [3.05, 3.63) is 70.4 Å². The summed E-state index contributed by atoms with van der Waals surface area (Å²) in [6.07, 6.45) is 3.85. The first-order chi connectivity index (χ1) is 13.3. The van der Waals surface area contributed by atoms with E-state index in [2.05, 4.69) is 9.71 Å². The van der Waals surface area contributed by atoms with Gasteiger partial charge in [-0.3, -0.25) is 9.12 Å². The Morgan fingerprint density at radius 1 is 1.04 bits per heavy atom. The molecule has 0 radical (unpaired) electrons. The third-order valence-corrected chi connectivity index (χ3v) is 7.52. The Morgan fingerprint density at radius 2 is 1.71 bits per heavy atom. The Labute approximate surface area is 168 Å². The molecule has 0 atom stereocenters. The Balaban J connectivity index is 1.81. The van der Waals surface area contributed by atoms with Gasteiger partial charge in [0, 0.05) is 23.3 Å². The van der Waals surface area contributed by atoms with Crippen LogP contribution in [0.2, 0.25) is 0 Å². The molecule has 5 nitrogen and oxygen atoms in total. The average Bonchev–Trinajstić information content (AvgIpc) is 3.22. The molecule has 28 heavy (non-hydrogen) atoms. The summed E-state index contributed by atoms with van der Waals surface area (Å²) >= 11 is 1.54. The van der Waals surface area contributed by atoms with Gasteiger partial charge in [-0.25, -0.2) is 13.4 Å². The monoisotopic (exact) mass is 411 g/mol. The minimum Gasteiger partial charge on any atom is -0.297 e. The van der Waals surface area contributed by atoms with Crippen molar-refractivity contribution in [2.45, 2.75) is 32.6 Å². The summed E-state index contributed by atoms with van der Waals surface area (Å²) < 4.78 is 31.4. The highest BCUT2D eigenvalue weighted by atomic mass is 32.2. The molecule has 4 rings (SSSR count). The van der Waals surface area contributed by atoms with Gasteiger partial charge in [-0.15, -0.1) is 11.3 Å². The summed E-state index contributed by atoms with van der Waals surface area (Å²) in [5.74, 6) is 0. The number of rotatable bonds is 4. The highest BCUT2D eigenvalue weighted by Crippen LogP contribution is 2.32. The van der Waals surface area contributed by atoms with Gasteiger partial charge in [-0.05, 0) is 56.0 Å². The number of aryl methyl sites for hydroxylation is 2. The van der Waals surface area contributed by atoms with E-state index in [1.54, 1.807) is 6.07 Å². The lowest BCUT2D eigenvalue weighted by molar-refractivity contribution is 0.599. The zero-order chi connectivity index (χ0) is 20.1. The van der Waals surface area contributed by atoms with Gasteiger partial charge < -0.3 is 0 Å². The van der Waals surface area contributed by atoms with Crippen molar-refractivity contribution in [3.8, 4) is 11.3 Å². The van der Waals surface area contributed by atoms with Gasteiger partial charge in [-0.2, -0.15) is 0 Å². The van der Waals surface area contributed by atoms with Gasteiger partial charge in [0.05, 0.1) is 16.3 Å². The summed E-state index contributed by atoms with van der Waals surface area (Å²) in [7, 11) is -3.75. The lowest BCUT2D eigenvalue weighted by Crippen LogP contribution is -2.17. The number of benzene rings is 2. The average molecular weight is 412 g/mol. The molecule has 2 heterocycles. The van der Waals surface area contributed by atoms with Crippen LogP contribution in [-0.4, -0.2) is 17.8 Å². The van der Waals surface area contributed by atoms with Crippen molar-refractivity contribution >= 4 is 32.0 Å². The molecular weight excluding hydrogens is 390 g/mol. The van der Waals surface area contributed by atoms with Crippen molar-refractivity contribution in [2.75, 3.05) is 4.72 Å². The second-order valence-electron chi connectivity index (χ2n) is 6.96. The Bertz CT molecular complexity index is 1250. The minimum atomic E-state index is -3.75. The standard InChI is InChI=1S/C21H21N3O2S2/c1-13-11-14(2)16(4)20(15(13)3)28(25,26)23-18-8-6-5-7-17(18)19-12-24-9-10-27-21(24)22-19/h5-12,23H,1-4H3. The van der Waals surface area contributed by atoms with Crippen LogP contribution in [-0.2, 0) is 10.0 Å². The molecule has 7 heteroatoms.